The van der Waals surface area contributed by atoms with Crippen molar-refractivity contribution in [1.29, 1.82) is 0 Å². The molecular formula is C29H29ClN6O. The van der Waals surface area contributed by atoms with Gasteiger partial charge in [0.2, 0.25) is 0 Å². The molecule has 2 aromatic heterocycles. The number of benzene rings is 2. The van der Waals surface area contributed by atoms with E-state index >= 15 is 0 Å². The molecule has 1 saturated heterocycles. The number of anilines is 2. The van der Waals surface area contributed by atoms with E-state index in [2.05, 4.69) is 40.7 Å². The second-order valence-electron chi connectivity index (χ2n) is 9.76. The van der Waals surface area contributed by atoms with Crippen molar-refractivity contribution in [2.24, 2.45) is 5.41 Å². The van der Waals surface area contributed by atoms with Crippen LogP contribution in [0.15, 0.2) is 54.7 Å². The smallest absolute Gasteiger partial charge is 0.162 e. The summed E-state index contributed by atoms with van der Waals surface area (Å²) in [5, 5.41) is 1.14. The number of ether oxygens (including phenoxy) is 1. The number of rotatable bonds is 4. The minimum absolute atomic E-state index is 0.0269. The summed E-state index contributed by atoms with van der Waals surface area (Å²) >= 11 is 6.52. The molecule has 0 saturated carbocycles. The summed E-state index contributed by atoms with van der Waals surface area (Å²) in [5.41, 5.74) is 16.2. The van der Waals surface area contributed by atoms with E-state index in [1.807, 2.05) is 30.3 Å². The number of nitrogen functional groups attached to an aromatic ring is 2. The third kappa shape index (κ3) is 5.61. The Labute approximate surface area is 221 Å². The van der Waals surface area contributed by atoms with E-state index in [4.69, 9.17) is 32.8 Å². The molecule has 4 aromatic rings. The third-order valence-corrected chi connectivity index (χ3v) is 7.07. The molecule has 0 unspecified atom stereocenters. The summed E-state index contributed by atoms with van der Waals surface area (Å²) in [5.74, 6) is 8.15. The van der Waals surface area contributed by atoms with Crippen molar-refractivity contribution < 1.29 is 4.74 Å². The highest BCUT2D eigenvalue weighted by Gasteiger charge is 2.26. The van der Waals surface area contributed by atoms with Crippen molar-refractivity contribution in [3.63, 3.8) is 0 Å². The summed E-state index contributed by atoms with van der Waals surface area (Å²) in [4.78, 5) is 15.9. The molecule has 0 radical (unpaired) electrons. The van der Waals surface area contributed by atoms with Gasteiger partial charge in [-0.3, -0.25) is 4.98 Å². The molecule has 1 fully saturated rings. The van der Waals surface area contributed by atoms with Gasteiger partial charge in [-0.25, -0.2) is 9.97 Å². The van der Waals surface area contributed by atoms with Crippen LogP contribution in [0.4, 0.5) is 11.5 Å². The van der Waals surface area contributed by atoms with Gasteiger partial charge in [-0.1, -0.05) is 29.5 Å². The fourth-order valence-corrected chi connectivity index (χ4v) is 4.54. The first-order valence-electron chi connectivity index (χ1n) is 12.2. The number of likely N-dealkylation sites (tertiary alicyclic amines) is 1. The second kappa shape index (κ2) is 10.3. The fourth-order valence-electron chi connectivity index (χ4n) is 4.30. The normalized spacial score (nSPS) is 15.2. The van der Waals surface area contributed by atoms with Gasteiger partial charge < -0.3 is 21.1 Å². The van der Waals surface area contributed by atoms with Gasteiger partial charge in [0.1, 0.15) is 18.2 Å². The lowest BCUT2D eigenvalue weighted by Crippen LogP contribution is -2.35. The largest absolute Gasteiger partial charge is 0.486 e. The molecule has 0 bridgehead atoms. The van der Waals surface area contributed by atoms with Crippen molar-refractivity contribution in [3.05, 3.63) is 71.0 Å². The molecule has 188 valence electrons. The molecular weight excluding hydrogens is 484 g/mol. The van der Waals surface area contributed by atoms with E-state index in [-0.39, 0.29) is 5.41 Å². The van der Waals surface area contributed by atoms with Crippen LogP contribution < -0.4 is 16.2 Å². The maximum atomic E-state index is 6.52. The van der Waals surface area contributed by atoms with Crippen LogP contribution >= 0.6 is 11.6 Å². The van der Waals surface area contributed by atoms with Crippen molar-refractivity contribution in [2.45, 2.75) is 26.4 Å². The zero-order chi connectivity index (χ0) is 26.0. The molecule has 1 aliphatic rings. The fraction of sp³-hybridized carbons (Fsp3) is 0.276. The quantitative estimate of drug-likeness (QED) is 0.287. The topological polar surface area (TPSA) is 103 Å². The van der Waals surface area contributed by atoms with E-state index in [1.165, 1.54) is 0 Å². The van der Waals surface area contributed by atoms with Crippen LogP contribution in [0.5, 0.6) is 5.75 Å². The number of hydrogen-bond acceptors (Lipinski definition) is 7. The summed E-state index contributed by atoms with van der Waals surface area (Å²) in [6.45, 7) is 4.62. The van der Waals surface area contributed by atoms with Gasteiger partial charge in [-0.15, -0.1) is 0 Å². The molecule has 0 aliphatic carbocycles. The zero-order valence-corrected chi connectivity index (χ0v) is 21.7. The average Bonchev–Trinajstić information content (AvgIpc) is 2.90. The Balaban J connectivity index is 1.42. The summed E-state index contributed by atoms with van der Waals surface area (Å²) < 4.78 is 5.84. The van der Waals surface area contributed by atoms with E-state index in [0.29, 0.717) is 45.6 Å². The molecule has 0 spiro atoms. The number of piperidine rings is 1. The molecule has 1 aliphatic heterocycles. The highest BCUT2D eigenvalue weighted by molar-refractivity contribution is 6.32. The summed E-state index contributed by atoms with van der Waals surface area (Å²) in [7, 11) is 2.14. The van der Waals surface area contributed by atoms with Gasteiger partial charge in [0.15, 0.2) is 5.82 Å². The molecule has 3 heterocycles. The van der Waals surface area contributed by atoms with E-state index < -0.39 is 0 Å². The zero-order valence-electron chi connectivity index (χ0n) is 21.0. The van der Waals surface area contributed by atoms with Crippen molar-refractivity contribution in [1.82, 2.24) is 19.9 Å². The number of hydrogen-bond donors (Lipinski definition) is 2. The number of nitrogens with zero attached hydrogens (tertiary/aromatic N) is 4. The number of pyridine rings is 1. The van der Waals surface area contributed by atoms with Gasteiger partial charge in [-0.05, 0) is 82.4 Å². The first-order chi connectivity index (χ1) is 17.8. The lowest BCUT2D eigenvalue weighted by atomic mass is 9.81. The van der Waals surface area contributed by atoms with Gasteiger partial charge in [0.05, 0.1) is 16.2 Å². The van der Waals surface area contributed by atoms with Crippen LogP contribution in [0.2, 0.25) is 5.02 Å². The third-order valence-electron chi connectivity index (χ3n) is 6.78. The van der Waals surface area contributed by atoms with Gasteiger partial charge in [0, 0.05) is 33.8 Å². The van der Waals surface area contributed by atoms with Crippen LogP contribution in [0.3, 0.4) is 0 Å². The van der Waals surface area contributed by atoms with Gasteiger partial charge in [0.25, 0.3) is 0 Å². The Hall–Kier alpha value is -3.86. The maximum Gasteiger partial charge on any atom is 0.162 e. The lowest BCUT2D eigenvalue weighted by molar-refractivity contribution is 0.187. The van der Waals surface area contributed by atoms with Crippen LogP contribution in [-0.4, -0.2) is 40.0 Å². The number of fused-ring (bicyclic) bond motifs is 1. The molecule has 7 nitrogen and oxygen atoms in total. The van der Waals surface area contributed by atoms with Crippen LogP contribution in [-0.2, 0) is 6.61 Å². The predicted molar refractivity (Wildman–Crippen MR) is 149 cm³/mol. The monoisotopic (exact) mass is 512 g/mol. The summed E-state index contributed by atoms with van der Waals surface area (Å²) in [6, 6.07) is 14.8. The van der Waals surface area contributed by atoms with E-state index in [9.17, 15) is 0 Å². The Kier molecular flexibility index (Phi) is 6.88. The molecule has 5 rings (SSSR count). The van der Waals surface area contributed by atoms with Crippen molar-refractivity contribution in [2.75, 3.05) is 31.6 Å². The lowest BCUT2D eigenvalue weighted by Gasteiger charge is -2.33. The Bertz CT molecular complexity index is 1500. The van der Waals surface area contributed by atoms with Crippen LogP contribution in [0, 0.1) is 17.3 Å². The van der Waals surface area contributed by atoms with Crippen molar-refractivity contribution >= 4 is 34.0 Å². The average molecular weight is 513 g/mol. The van der Waals surface area contributed by atoms with Crippen molar-refractivity contribution in [3.8, 4) is 29.0 Å². The molecule has 4 N–H and O–H groups in total. The standard InChI is InChI=1S/C29H29ClN6O/c1-29(10-13-36(2)14-11-29)9-8-19-16-25-22(17-24(19)31)27(32)35-28(34-25)20-6-7-26(23(30)15-20)37-18-21-5-3-4-12-33-21/h3-7,12,15-17H,10-11,13-14,18,31H2,1-2H3,(H2,32,34,35). The number of aromatic nitrogens is 3. The van der Waals surface area contributed by atoms with Gasteiger partial charge >= 0.3 is 0 Å². The molecule has 0 amide bonds. The first-order valence-corrected chi connectivity index (χ1v) is 12.6. The minimum atomic E-state index is -0.0269. The minimum Gasteiger partial charge on any atom is -0.486 e. The Morgan fingerprint density at radius 2 is 1.89 bits per heavy atom. The van der Waals surface area contributed by atoms with E-state index in [0.717, 1.165) is 42.8 Å². The molecule has 37 heavy (non-hydrogen) atoms. The second-order valence-corrected chi connectivity index (χ2v) is 10.2. The maximum absolute atomic E-state index is 6.52. The number of halogens is 1. The Morgan fingerprint density at radius 1 is 1.08 bits per heavy atom. The molecule has 0 atom stereocenters. The molecule has 8 heteroatoms. The van der Waals surface area contributed by atoms with Crippen LogP contribution in [0.25, 0.3) is 22.3 Å². The predicted octanol–water partition coefficient (Wildman–Crippen LogP) is 5.17. The first kappa shape index (κ1) is 24.8. The number of nitrogens with two attached hydrogens (primary N) is 2. The molecule has 2 aromatic carbocycles. The highest BCUT2D eigenvalue weighted by atomic mass is 35.5. The van der Waals surface area contributed by atoms with E-state index in [1.54, 1.807) is 24.4 Å². The van der Waals surface area contributed by atoms with Gasteiger partial charge in [-0.2, -0.15) is 0 Å². The SMILES string of the molecule is CN1CCC(C)(C#Cc2cc3nc(-c4ccc(OCc5ccccn5)c(Cl)c4)nc(N)c3cc2N)CC1. The highest BCUT2D eigenvalue weighted by Crippen LogP contribution is 2.33. The Morgan fingerprint density at radius 3 is 2.62 bits per heavy atom. The summed E-state index contributed by atoms with van der Waals surface area (Å²) in [6.07, 6.45) is 3.79. The van der Waals surface area contributed by atoms with Crippen LogP contribution in [0.1, 0.15) is 31.0 Å².